The van der Waals surface area contributed by atoms with Gasteiger partial charge in [0.25, 0.3) is 5.91 Å². The Morgan fingerprint density at radius 2 is 2.22 bits per heavy atom. The maximum absolute atomic E-state index is 12.0. The van der Waals surface area contributed by atoms with Crippen LogP contribution in [0, 0.1) is 6.92 Å². The molecule has 1 unspecified atom stereocenters. The van der Waals surface area contributed by atoms with E-state index in [1.165, 1.54) is 12.8 Å². The smallest absolute Gasteiger partial charge is 0.270 e. The Morgan fingerprint density at radius 1 is 1.50 bits per heavy atom. The first-order valence-corrected chi connectivity index (χ1v) is 6.51. The van der Waals surface area contributed by atoms with Gasteiger partial charge >= 0.3 is 0 Å². The standard InChI is InChI=1S/C13H20N4O/c1-4-8(2)14-13(18)11-7-12(16-9(3)15-11)17-10-5-6-10/h7-8,10H,4-6H2,1-3H3,(H,14,18)(H,15,16,17). The van der Waals surface area contributed by atoms with Crippen LogP contribution in [-0.2, 0) is 0 Å². The van der Waals surface area contributed by atoms with Gasteiger partial charge in [-0.05, 0) is 33.1 Å². The molecule has 2 rings (SSSR count). The van der Waals surface area contributed by atoms with Gasteiger partial charge in [0, 0.05) is 18.2 Å². The first-order valence-electron chi connectivity index (χ1n) is 6.51. The molecule has 1 aliphatic carbocycles. The molecule has 0 spiro atoms. The van der Waals surface area contributed by atoms with Gasteiger partial charge in [0.2, 0.25) is 0 Å². The Kier molecular flexibility index (Phi) is 3.79. The summed E-state index contributed by atoms with van der Waals surface area (Å²) in [6, 6.07) is 2.40. The molecule has 1 atom stereocenters. The number of rotatable bonds is 5. The molecule has 5 heteroatoms. The van der Waals surface area contributed by atoms with E-state index in [2.05, 4.69) is 20.6 Å². The Morgan fingerprint density at radius 3 is 2.83 bits per heavy atom. The van der Waals surface area contributed by atoms with Gasteiger partial charge in [-0.3, -0.25) is 4.79 Å². The molecular formula is C13H20N4O. The molecule has 18 heavy (non-hydrogen) atoms. The average molecular weight is 248 g/mol. The quantitative estimate of drug-likeness (QED) is 0.835. The zero-order valence-corrected chi connectivity index (χ0v) is 11.2. The van der Waals surface area contributed by atoms with E-state index in [1.807, 2.05) is 13.8 Å². The Labute approximate surface area is 107 Å². The molecule has 1 aromatic heterocycles. The second kappa shape index (κ2) is 5.33. The Balaban J connectivity index is 2.10. The van der Waals surface area contributed by atoms with E-state index in [-0.39, 0.29) is 11.9 Å². The molecule has 0 aromatic carbocycles. The molecule has 1 fully saturated rings. The normalized spacial score (nSPS) is 16.2. The number of hydrogen-bond acceptors (Lipinski definition) is 4. The third-order valence-corrected chi connectivity index (χ3v) is 2.99. The zero-order valence-electron chi connectivity index (χ0n) is 11.2. The van der Waals surface area contributed by atoms with Crippen LogP contribution in [0.5, 0.6) is 0 Å². The van der Waals surface area contributed by atoms with Crippen molar-refractivity contribution < 1.29 is 4.79 Å². The van der Waals surface area contributed by atoms with Crippen molar-refractivity contribution in [1.29, 1.82) is 0 Å². The Hall–Kier alpha value is -1.65. The van der Waals surface area contributed by atoms with Gasteiger partial charge in [0.1, 0.15) is 17.3 Å². The largest absolute Gasteiger partial charge is 0.367 e. The van der Waals surface area contributed by atoms with Crippen molar-refractivity contribution in [3.8, 4) is 0 Å². The van der Waals surface area contributed by atoms with Crippen LogP contribution in [0.25, 0.3) is 0 Å². The number of nitrogens with one attached hydrogen (secondary N) is 2. The van der Waals surface area contributed by atoms with Crippen LogP contribution in [0.1, 0.15) is 49.4 Å². The second-order valence-corrected chi connectivity index (χ2v) is 4.89. The van der Waals surface area contributed by atoms with Crippen molar-refractivity contribution in [3.63, 3.8) is 0 Å². The summed E-state index contributed by atoms with van der Waals surface area (Å²) in [7, 11) is 0. The number of carbonyl (C=O) groups excluding carboxylic acids is 1. The van der Waals surface area contributed by atoms with Crippen molar-refractivity contribution in [2.75, 3.05) is 5.32 Å². The lowest BCUT2D eigenvalue weighted by atomic mass is 10.2. The molecule has 0 aliphatic heterocycles. The molecule has 1 amide bonds. The highest BCUT2D eigenvalue weighted by Gasteiger charge is 2.22. The second-order valence-electron chi connectivity index (χ2n) is 4.89. The molecule has 0 saturated heterocycles. The van der Waals surface area contributed by atoms with Gasteiger partial charge in [-0.15, -0.1) is 0 Å². The van der Waals surface area contributed by atoms with E-state index >= 15 is 0 Å². The minimum atomic E-state index is -0.131. The number of aromatic nitrogens is 2. The summed E-state index contributed by atoms with van der Waals surface area (Å²) in [6.07, 6.45) is 3.26. The summed E-state index contributed by atoms with van der Waals surface area (Å²) in [4.78, 5) is 20.5. The molecule has 1 aromatic rings. The number of anilines is 1. The summed E-state index contributed by atoms with van der Waals surface area (Å²) >= 11 is 0. The first kappa shape index (κ1) is 12.8. The van der Waals surface area contributed by atoms with E-state index in [1.54, 1.807) is 13.0 Å². The minimum absolute atomic E-state index is 0.131. The van der Waals surface area contributed by atoms with Gasteiger partial charge in [-0.1, -0.05) is 6.92 Å². The fourth-order valence-corrected chi connectivity index (χ4v) is 1.59. The first-order chi connectivity index (χ1) is 8.58. The van der Waals surface area contributed by atoms with Crippen LogP contribution in [0.4, 0.5) is 5.82 Å². The number of nitrogens with zero attached hydrogens (tertiary/aromatic N) is 2. The number of carbonyl (C=O) groups is 1. The van der Waals surface area contributed by atoms with Gasteiger partial charge in [0.05, 0.1) is 0 Å². The van der Waals surface area contributed by atoms with Gasteiger partial charge in [0.15, 0.2) is 0 Å². The van der Waals surface area contributed by atoms with Crippen LogP contribution in [0.3, 0.4) is 0 Å². The van der Waals surface area contributed by atoms with Gasteiger partial charge in [-0.25, -0.2) is 9.97 Å². The van der Waals surface area contributed by atoms with Crippen LogP contribution >= 0.6 is 0 Å². The minimum Gasteiger partial charge on any atom is -0.367 e. The highest BCUT2D eigenvalue weighted by atomic mass is 16.1. The third-order valence-electron chi connectivity index (χ3n) is 2.99. The monoisotopic (exact) mass is 248 g/mol. The average Bonchev–Trinajstić information content (AvgIpc) is 3.11. The number of amides is 1. The molecule has 0 radical (unpaired) electrons. The lowest BCUT2D eigenvalue weighted by molar-refractivity contribution is 0.0934. The van der Waals surface area contributed by atoms with E-state index in [0.717, 1.165) is 12.2 Å². The van der Waals surface area contributed by atoms with Crippen LogP contribution in [-0.4, -0.2) is 28.0 Å². The molecule has 1 aliphatic rings. The topological polar surface area (TPSA) is 66.9 Å². The summed E-state index contributed by atoms with van der Waals surface area (Å²) in [5.41, 5.74) is 0.436. The van der Waals surface area contributed by atoms with Crippen molar-refractivity contribution >= 4 is 11.7 Å². The number of aryl methyl sites for hydroxylation is 1. The van der Waals surface area contributed by atoms with Crippen molar-refractivity contribution in [3.05, 3.63) is 17.6 Å². The van der Waals surface area contributed by atoms with Gasteiger partial charge < -0.3 is 10.6 Å². The molecule has 1 saturated carbocycles. The molecular weight excluding hydrogens is 228 g/mol. The van der Waals surface area contributed by atoms with Crippen molar-refractivity contribution in [2.45, 2.75) is 52.1 Å². The maximum atomic E-state index is 12.0. The van der Waals surface area contributed by atoms with Crippen LogP contribution < -0.4 is 10.6 Å². The van der Waals surface area contributed by atoms with Crippen LogP contribution in [0.15, 0.2) is 6.07 Å². The number of hydrogen-bond donors (Lipinski definition) is 2. The van der Waals surface area contributed by atoms with Crippen LogP contribution in [0.2, 0.25) is 0 Å². The zero-order chi connectivity index (χ0) is 13.1. The van der Waals surface area contributed by atoms with E-state index in [4.69, 9.17) is 0 Å². The summed E-state index contributed by atoms with van der Waals surface area (Å²) in [5.74, 6) is 1.24. The highest BCUT2D eigenvalue weighted by molar-refractivity contribution is 5.93. The lowest BCUT2D eigenvalue weighted by Crippen LogP contribution is -2.32. The maximum Gasteiger partial charge on any atom is 0.270 e. The molecule has 98 valence electrons. The molecule has 1 heterocycles. The summed E-state index contributed by atoms with van der Waals surface area (Å²) < 4.78 is 0. The molecule has 5 nitrogen and oxygen atoms in total. The van der Waals surface area contributed by atoms with Crippen molar-refractivity contribution in [1.82, 2.24) is 15.3 Å². The van der Waals surface area contributed by atoms with E-state index < -0.39 is 0 Å². The fourth-order valence-electron chi connectivity index (χ4n) is 1.59. The lowest BCUT2D eigenvalue weighted by Gasteiger charge is -2.12. The predicted molar refractivity (Wildman–Crippen MR) is 70.6 cm³/mol. The van der Waals surface area contributed by atoms with E-state index in [9.17, 15) is 4.79 Å². The summed E-state index contributed by atoms with van der Waals surface area (Å²) in [6.45, 7) is 5.82. The molecule has 2 N–H and O–H groups in total. The SMILES string of the molecule is CCC(C)NC(=O)c1cc(NC2CC2)nc(C)n1. The molecule has 0 bridgehead atoms. The summed E-state index contributed by atoms with van der Waals surface area (Å²) in [5, 5.41) is 6.20. The fraction of sp³-hybridized carbons (Fsp3) is 0.615. The Bertz CT molecular complexity index is 443. The van der Waals surface area contributed by atoms with E-state index in [0.29, 0.717) is 17.6 Å². The third kappa shape index (κ3) is 3.42. The predicted octanol–water partition coefficient (Wildman–Crippen LogP) is 1.89. The highest BCUT2D eigenvalue weighted by Crippen LogP contribution is 2.23. The van der Waals surface area contributed by atoms with Crippen molar-refractivity contribution in [2.24, 2.45) is 0 Å². The van der Waals surface area contributed by atoms with Gasteiger partial charge in [-0.2, -0.15) is 0 Å².